The molecule has 11 nitrogen and oxygen atoms in total. The van der Waals surface area contributed by atoms with Crippen molar-refractivity contribution < 1.29 is 29.1 Å². The Kier molecular flexibility index (Phi) is 9.26. The standard InChI is InChI=1S/C18H25N5O6/c1-10(16(27)21-9-15(25)26)22-18(29)13(7-11-5-3-2-4-6-11)23-17(28)12(19)8-14(20)24/h2-6,10,12-13H,7-9,19H2,1H3,(H2,20,24)(H,21,27)(H,22,29)(H,23,28)(H,25,26). The Morgan fingerprint density at radius 3 is 2.17 bits per heavy atom. The van der Waals surface area contributed by atoms with Gasteiger partial charge in [-0.25, -0.2) is 0 Å². The van der Waals surface area contributed by atoms with Crippen LogP contribution in [0.2, 0.25) is 0 Å². The van der Waals surface area contributed by atoms with Gasteiger partial charge in [-0.2, -0.15) is 0 Å². The molecule has 0 radical (unpaired) electrons. The molecule has 1 aromatic carbocycles. The molecule has 8 N–H and O–H groups in total. The molecular formula is C18H25N5O6. The highest BCUT2D eigenvalue weighted by Gasteiger charge is 2.27. The van der Waals surface area contributed by atoms with Gasteiger partial charge in [0.1, 0.15) is 18.6 Å². The second kappa shape index (κ2) is 11.4. The molecular weight excluding hydrogens is 382 g/mol. The molecule has 0 aromatic heterocycles. The minimum absolute atomic E-state index is 0.102. The first-order valence-corrected chi connectivity index (χ1v) is 8.78. The zero-order valence-electron chi connectivity index (χ0n) is 15.9. The highest BCUT2D eigenvalue weighted by molar-refractivity contribution is 5.94. The lowest BCUT2D eigenvalue weighted by Gasteiger charge is -2.22. The van der Waals surface area contributed by atoms with Crippen molar-refractivity contribution >= 4 is 29.6 Å². The Balaban J connectivity index is 2.84. The maximum Gasteiger partial charge on any atom is 0.322 e. The number of carboxylic acid groups (broad SMARTS) is 1. The number of primary amides is 1. The third kappa shape index (κ3) is 8.84. The molecule has 0 saturated heterocycles. The third-order valence-electron chi connectivity index (χ3n) is 3.84. The molecule has 1 aromatic rings. The average molecular weight is 407 g/mol. The van der Waals surface area contributed by atoms with E-state index in [0.29, 0.717) is 0 Å². The summed E-state index contributed by atoms with van der Waals surface area (Å²) >= 11 is 0. The van der Waals surface area contributed by atoms with Gasteiger partial charge in [0, 0.05) is 6.42 Å². The molecule has 0 aliphatic rings. The van der Waals surface area contributed by atoms with E-state index < -0.39 is 54.3 Å². The second-order valence-electron chi connectivity index (χ2n) is 6.37. The Hall–Kier alpha value is -3.47. The number of amides is 4. The quantitative estimate of drug-likeness (QED) is 0.236. The van der Waals surface area contributed by atoms with Crippen LogP contribution < -0.4 is 27.4 Å². The number of carboxylic acids is 1. The number of carbonyl (C=O) groups excluding carboxylic acids is 4. The Morgan fingerprint density at radius 2 is 1.62 bits per heavy atom. The summed E-state index contributed by atoms with van der Waals surface area (Å²) in [6.07, 6.45) is -0.287. The van der Waals surface area contributed by atoms with Gasteiger partial charge in [-0.05, 0) is 12.5 Å². The van der Waals surface area contributed by atoms with Crippen molar-refractivity contribution in [3.05, 3.63) is 35.9 Å². The molecule has 4 amide bonds. The van der Waals surface area contributed by atoms with Crippen molar-refractivity contribution in [2.75, 3.05) is 6.54 Å². The van der Waals surface area contributed by atoms with Crippen LogP contribution in [-0.4, -0.2) is 59.4 Å². The minimum Gasteiger partial charge on any atom is -0.480 e. The van der Waals surface area contributed by atoms with Gasteiger partial charge in [-0.3, -0.25) is 24.0 Å². The summed E-state index contributed by atoms with van der Waals surface area (Å²) in [5.74, 6) is -4.11. The summed E-state index contributed by atoms with van der Waals surface area (Å²) < 4.78 is 0. The van der Waals surface area contributed by atoms with E-state index >= 15 is 0 Å². The highest BCUT2D eigenvalue weighted by atomic mass is 16.4. The molecule has 0 aliphatic carbocycles. The largest absolute Gasteiger partial charge is 0.480 e. The summed E-state index contributed by atoms with van der Waals surface area (Å²) in [6, 6.07) is 5.44. The fraction of sp³-hybridized carbons (Fsp3) is 0.389. The Labute approximate surface area is 167 Å². The Bertz CT molecular complexity index is 754. The molecule has 11 heteroatoms. The van der Waals surface area contributed by atoms with Crippen LogP contribution in [0.3, 0.4) is 0 Å². The van der Waals surface area contributed by atoms with Crippen LogP contribution in [0.25, 0.3) is 0 Å². The molecule has 158 valence electrons. The van der Waals surface area contributed by atoms with Gasteiger partial charge in [0.15, 0.2) is 0 Å². The van der Waals surface area contributed by atoms with Crippen molar-refractivity contribution in [1.82, 2.24) is 16.0 Å². The van der Waals surface area contributed by atoms with Crippen molar-refractivity contribution in [3.63, 3.8) is 0 Å². The lowest BCUT2D eigenvalue weighted by Crippen LogP contribution is -2.56. The number of benzene rings is 1. The van der Waals surface area contributed by atoms with Crippen LogP contribution in [0.15, 0.2) is 30.3 Å². The van der Waals surface area contributed by atoms with Crippen LogP contribution in [0.5, 0.6) is 0 Å². The van der Waals surface area contributed by atoms with Gasteiger partial charge < -0.3 is 32.5 Å². The van der Waals surface area contributed by atoms with E-state index in [0.717, 1.165) is 5.56 Å². The summed E-state index contributed by atoms with van der Waals surface area (Å²) in [6.45, 7) is 0.778. The first-order valence-electron chi connectivity index (χ1n) is 8.78. The molecule has 0 bridgehead atoms. The third-order valence-corrected chi connectivity index (χ3v) is 3.84. The van der Waals surface area contributed by atoms with E-state index in [-0.39, 0.29) is 12.8 Å². The van der Waals surface area contributed by atoms with Gasteiger partial charge in [-0.15, -0.1) is 0 Å². The maximum atomic E-state index is 12.6. The van der Waals surface area contributed by atoms with E-state index in [2.05, 4.69) is 16.0 Å². The normalized spacial score (nSPS) is 13.4. The van der Waals surface area contributed by atoms with E-state index in [1.165, 1.54) is 6.92 Å². The Morgan fingerprint density at radius 1 is 1.00 bits per heavy atom. The van der Waals surface area contributed by atoms with Crippen molar-refractivity contribution in [2.45, 2.75) is 37.9 Å². The van der Waals surface area contributed by atoms with Gasteiger partial charge in [0.05, 0.1) is 12.5 Å². The molecule has 3 unspecified atom stereocenters. The van der Waals surface area contributed by atoms with Gasteiger partial charge in [0.25, 0.3) is 0 Å². The lowest BCUT2D eigenvalue weighted by atomic mass is 10.0. The molecule has 0 aliphatic heterocycles. The fourth-order valence-electron chi connectivity index (χ4n) is 2.34. The summed E-state index contributed by atoms with van der Waals surface area (Å²) in [5, 5.41) is 15.6. The van der Waals surface area contributed by atoms with E-state index in [1.807, 2.05) is 0 Å². The summed E-state index contributed by atoms with van der Waals surface area (Å²) in [7, 11) is 0. The van der Waals surface area contributed by atoms with Crippen LogP contribution in [-0.2, 0) is 30.4 Å². The van der Waals surface area contributed by atoms with Crippen LogP contribution in [0.4, 0.5) is 0 Å². The van der Waals surface area contributed by atoms with Crippen molar-refractivity contribution in [3.8, 4) is 0 Å². The van der Waals surface area contributed by atoms with Crippen molar-refractivity contribution in [2.24, 2.45) is 11.5 Å². The predicted octanol–water partition coefficient (Wildman–Crippen LogP) is -2.38. The van der Waals surface area contributed by atoms with Gasteiger partial charge >= 0.3 is 5.97 Å². The van der Waals surface area contributed by atoms with Gasteiger partial charge in [0.2, 0.25) is 23.6 Å². The molecule has 1 rings (SSSR count). The molecule has 0 heterocycles. The van der Waals surface area contributed by atoms with Gasteiger partial charge in [-0.1, -0.05) is 30.3 Å². The van der Waals surface area contributed by atoms with Crippen LogP contribution >= 0.6 is 0 Å². The monoisotopic (exact) mass is 407 g/mol. The van der Waals surface area contributed by atoms with E-state index in [1.54, 1.807) is 30.3 Å². The van der Waals surface area contributed by atoms with E-state index in [9.17, 15) is 24.0 Å². The molecule has 0 spiro atoms. The molecule has 0 fully saturated rings. The van der Waals surface area contributed by atoms with Crippen LogP contribution in [0.1, 0.15) is 18.9 Å². The first-order chi connectivity index (χ1) is 13.6. The fourth-order valence-corrected chi connectivity index (χ4v) is 2.34. The summed E-state index contributed by atoms with van der Waals surface area (Å²) in [4.78, 5) is 58.2. The number of rotatable bonds is 11. The topological polar surface area (TPSA) is 194 Å². The maximum absolute atomic E-state index is 12.6. The SMILES string of the molecule is CC(NC(=O)C(Cc1ccccc1)NC(=O)C(N)CC(N)=O)C(=O)NCC(=O)O. The minimum atomic E-state index is -1.23. The first kappa shape index (κ1) is 23.6. The molecule has 3 atom stereocenters. The van der Waals surface area contributed by atoms with Crippen molar-refractivity contribution in [1.29, 1.82) is 0 Å². The smallest absolute Gasteiger partial charge is 0.322 e. The molecule has 29 heavy (non-hydrogen) atoms. The zero-order valence-corrected chi connectivity index (χ0v) is 15.9. The second-order valence-corrected chi connectivity index (χ2v) is 6.37. The van der Waals surface area contributed by atoms with E-state index in [4.69, 9.17) is 16.6 Å². The molecule has 0 saturated carbocycles. The highest BCUT2D eigenvalue weighted by Crippen LogP contribution is 2.05. The lowest BCUT2D eigenvalue weighted by molar-refractivity contribution is -0.138. The summed E-state index contributed by atoms with van der Waals surface area (Å²) in [5.41, 5.74) is 11.4. The number of hydrogen-bond donors (Lipinski definition) is 6. The number of carbonyl (C=O) groups is 5. The number of aliphatic carboxylic acids is 1. The van der Waals surface area contributed by atoms with Crippen LogP contribution in [0, 0.1) is 0 Å². The number of hydrogen-bond acceptors (Lipinski definition) is 6. The number of nitrogens with two attached hydrogens (primary N) is 2. The number of nitrogens with one attached hydrogen (secondary N) is 3. The zero-order chi connectivity index (χ0) is 22.0. The predicted molar refractivity (Wildman–Crippen MR) is 102 cm³/mol. The average Bonchev–Trinajstić information content (AvgIpc) is 2.65.